The van der Waals surface area contributed by atoms with E-state index in [9.17, 15) is 9.59 Å². The Morgan fingerprint density at radius 3 is 2.42 bits per heavy atom. The molecule has 0 radical (unpaired) electrons. The van der Waals surface area contributed by atoms with Gasteiger partial charge in [-0.15, -0.1) is 5.10 Å². The zero-order valence-corrected chi connectivity index (χ0v) is 19.2. The van der Waals surface area contributed by atoms with Crippen molar-refractivity contribution in [1.82, 2.24) is 14.8 Å². The average Bonchev–Trinajstić information content (AvgIpc) is 3.26. The standard InChI is InChI=1S/C23H28N4O6/c1-13-18(21(28)33-15-8-6-5-7-9-15)19(14-10-11-16(30-2)17(12-14)31-3)27-23(24-13)25-20(26-27)22(29)32-4/h10-12,15,19H,5-9H2,1-4H3,(H,24,25,26)/t19-/m0/s1. The molecule has 1 aromatic carbocycles. The van der Waals surface area contributed by atoms with Crippen LogP contribution >= 0.6 is 0 Å². The van der Waals surface area contributed by atoms with E-state index in [0.29, 0.717) is 34.3 Å². The highest BCUT2D eigenvalue weighted by atomic mass is 16.5. The predicted octanol–water partition coefficient (Wildman–Crippen LogP) is 3.25. The number of benzene rings is 1. The first-order valence-corrected chi connectivity index (χ1v) is 10.9. The molecule has 2 aliphatic rings. The largest absolute Gasteiger partial charge is 0.493 e. The van der Waals surface area contributed by atoms with Gasteiger partial charge in [0.25, 0.3) is 5.82 Å². The van der Waals surface area contributed by atoms with Crippen LogP contribution in [0.1, 0.15) is 61.3 Å². The number of hydrogen-bond acceptors (Lipinski definition) is 9. The van der Waals surface area contributed by atoms with Crippen molar-refractivity contribution >= 4 is 17.9 Å². The summed E-state index contributed by atoms with van der Waals surface area (Å²) in [6.07, 6.45) is 4.85. The van der Waals surface area contributed by atoms with E-state index in [1.165, 1.54) is 11.8 Å². The van der Waals surface area contributed by atoms with Crippen LogP contribution in [0.15, 0.2) is 29.5 Å². The Balaban J connectivity index is 1.79. The lowest BCUT2D eigenvalue weighted by atomic mass is 9.94. The number of allylic oxidation sites excluding steroid dienone is 1. The molecule has 2 heterocycles. The number of nitrogens with one attached hydrogen (secondary N) is 1. The number of esters is 2. The topological polar surface area (TPSA) is 114 Å². The van der Waals surface area contributed by atoms with Gasteiger partial charge in [0.15, 0.2) is 11.5 Å². The number of rotatable bonds is 6. The van der Waals surface area contributed by atoms with Crippen LogP contribution in [0, 0.1) is 0 Å². The van der Waals surface area contributed by atoms with Crippen LogP contribution in [0.25, 0.3) is 0 Å². The molecule has 0 unspecified atom stereocenters. The van der Waals surface area contributed by atoms with Gasteiger partial charge in [0, 0.05) is 5.70 Å². The first kappa shape index (κ1) is 22.6. The molecule has 1 aliphatic heterocycles. The molecule has 1 N–H and O–H groups in total. The Labute approximate surface area is 191 Å². The van der Waals surface area contributed by atoms with Crippen molar-refractivity contribution in [3.8, 4) is 11.5 Å². The van der Waals surface area contributed by atoms with Gasteiger partial charge in [0.1, 0.15) is 12.1 Å². The van der Waals surface area contributed by atoms with E-state index in [1.807, 2.05) is 6.07 Å². The molecule has 0 spiro atoms. The molecule has 1 aromatic heterocycles. The maximum Gasteiger partial charge on any atom is 0.378 e. The Bertz CT molecular complexity index is 1090. The van der Waals surface area contributed by atoms with E-state index in [2.05, 4.69) is 15.4 Å². The summed E-state index contributed by atoms with van der Waals surface area (Å²) in [6, 6.07) is 4.66. The fourth-order valence-electron chi connectivity index (χ4n) is 4.32. The van der Waals surface area contributed by atoms with Gasteiger partial charge in [-0.2, -0.15) is 4.98 Å². The molecule has 4 rings (SSSR count). The van der Waals surface area contributed by atoms with Crippen molar-refractivity contribution in [1.29, 1.82) is 0 Å². The van der Waals surface area contributed by atoms with E-state index >= 15 is 0 Å². The monoisotopic (exact) mass is 456 g/mol. The smallest absolute Gasteiger partial charge is 0.378 e. The van der Waals surface area contributed by atoms with Gasteiger partial charge in [-0.1, -0.05) is 12.5 Å². The number of carbonyl (C=O) groups excluding carboxylic acids is 2. The average molecular weight is 456 g/mol. The molecule has 10 heteroatoms. The maximum atomic E-state index is 13.4. The minimum absolute atomic E-state index is 0.111. The minimum atomic E-state index is -0.692. The van der Waals surface area contributed by atoms with Crippen LogP contribution in [0.2, 0.25) is 0 Å². The molecule has 0 bridgehead atoms. The molecular weight excluding hydrogens is 428 g/mol. The number of anilines is 1. The normalized spacial score (nSPS) is 18.2. The van der Waals surface area contributed by atoms with Crippen LogP contribution in [0.4, 0.5) is 5.95 Å². The lowest BCUT2D eigenvalue weighted by molar-refractivity contribution is -0.146. The summed E-state index contributed by atoms with van der Waals surface area (Å²) in [5, 5.41) is 7.43. The summed E-state index contributed by atoms with van der Waals surface area (Å²) in [6.45, 7) is 1.78. The number of fused-ring (bicyclic) bond motifs is 1. The molecule has 0 saturated heterocycles. The fourth-order valence-corrected chi connectivity index (χ4v) is 4.32. The van der Waals surface area contributed by atoms with Crippen molar-refractivity contribution in [2.24, 2.45) is 0 Å². The SMILES string of the molecule is COC(=O)c1nc2n(n1)[C@@H](c1ccc(OC)c(OC)c1)C(C(=O)OC1CCCCC1)=C(C)N2. The number of aromatic nitrogens is 3. The molecular formula is C23H28N4O6. The molecule has 2 aromatic rings. The highest BCUT2D eigenvalue weighted by Crippen LogP contribution is 2.39. The van der Waals surface area contributed by atoms with Gasteiger partial charge in [-0.3, -0.25) is 0 Å². The number of hydrogen-bond donors (Lipinski definition) is 1. The zero-order valence-electron chi connectivity index (χ0n) is 19.2. The minimum Gasteiger partial charge on any atom is -0.493 e. The lowest BCUT2D eigenvalue weighted by Gasteiger charge is -2.30. The van der Waals surface area contributed by atoms with E-state index in [1.54, 1.807) is 33.3 Å². The molecule has 1 aliphatic carbocycles. The fraction of sp³-hybridized carbons (Fsp3) is 0.478. The molecule has 33 heavy (non-hydrogen) atoms. The maximum absolute atomic E-state index is 13.4. The summed E-state index contributed by atoms with van der Waals surface area (Å²) in [7, 11) is 4.36. The quantitative estimate of drug-likeness (QED) is 0.654. The first-order chi connectivity index (χ1) is 16.0. The summed E-state index contributed by atoms with van der Waals surface area (Å²) in [5.41, 5.74) is 1.67. The molecule has 1 fully saturated rings. The lowest BCUT2D eigenvalue weighted by Crippen LogP contribution is -2.32. The second-order valence-corrected chi connectivity index (χ2v) is 8.04. The zero-order chi connectivity index (χ0) is 23.5. The van der Waals surface area contributed by atoms with Crippen LogP contribution in [-0.4, -0.2) is 54.1 Å². The predicted molar refractivity (Wildman–Crippen MR) is 118 cm³/mol. The van der Waals surface area contributed by atoms with E-state index in [0.717, 1.165) is 32.1 Å². The summed E-state index contributed by atoms with van der Waals surface area (Å²) < 4.78 is 23.0. The second kappa shape index (κ2) is 9.51. The molecule has 10 nitrogen and oxygen atoms in total. The van der Waals surface area contributed by atoms with E-state index in [-0.39, 0.29) is 11.9 Å². The highest BCUT2D eigenvalue weighted by Gasteiger charge is 2.37. The molecule has 1 atom stereocenters. The number of nitrogens with zero attached hydrogens (tertiary/aromatic N) is 3. The third-order valence-electron chi connectivity index (χ3n) is 5.99. The van der Waals surface area contributed by atoms with Crippen molar-refractivity contribution in [3.63, 3.8) is 0 Å². The van der Waals surface area contributed by atoms with Gasteiger partial charge in [-0.25, -0.2) is 14.3 Å². The Morgan fingerprint density at radius 2 is 1.76 bits per heavy atom. The van der Waals surface area contributed by atoms with Crippen LogP contribution in [0.5, 0.6) is 11.5 Å². The van der Waals surface area contributed by atoms with Crippen molar-refractivity contribution in [2.75, 3.05) is 26.6 Å². The number of methoxy groups -OCH3 is 3. The third kappa shape index (κ3) is 4.37. The number of carbonyl (C=O) groups is 2. The molecule has 1 saturated carbocycles. The summed E-state index contributed by atoms with van der Waals surface area (Å²) in [5.74, 6) is 0.167. The number of ether oxygens (including phenoxy) is 4. The summed E-state index contributed by atoms with van der Waals surface area (Å²) >= 11 is 0. The van der Waals surface area contributed by atoms with Crippen LogP contribution < -0.4 is 14.8 Å². The van der Waals surface area contributed by atoms with Gasteiger partial charge >= 0.3 is 11.9 Å². The van der Waals surface area contributed by atoms with E-state index < -0.39 is 18.0 Å². The van der Waals surface area contributed by atoms with E-state index in [4.69, 9.17) is 18.9 Å². The Hall–Kier alpha value is -3.56. The highest BCUT2D eigenvalue weighted by molar-refractivity contribution is 5.93. The van der Waals surface area contributed by atoms with Crippen LogP contribution in [-0.2, 0) is 14.3 Å². The Morgan fingerprint density at radius 1 is 1.03 bits per heavy atom. The second-order valence-electron chi connectivity index (χ2n) is 8.04. The molecule has 0 amide bonds. The third-order valence-corrected chi connectivity index (χ3v) is 5.99. The van der Waals surface area contributed by atoms with Gasteiger partial charge in [0.2, 0.25) is 5.95 Å². The molecule has 176 valence electrons. The van der Waals surface area contributed by atoms with Crippen molar-refractivity contribution < 1.29 is 28.5 Å². The van der Waals surface area contributed by atoms with Crippen molar-refractivity contribution in [2.45, 2.75) is 51.2 Å². The van der Waals surface area contributed by atoms with Gasteiger partial charge < -0.3 is 24.3 Å². The van der Waals surface area contributed by atoms with Gasteiger partial charge in [0.05, 0.1) is 26.9 Å². The van der Waals surface area contributed by atoms with Crippen LogP contribution in [0.3, 0.4) is 0 Å². The van der Waals surface area contributed by atoms with Gasteiger partial charge in [-0.05, 0) is 50.3 Å². The van der Waals surface area contributed by atoms with Crippen molar-refractivity contribution in [3.05, 3.63) is 40.9 Å². The first-order valence-electron chi connectivity index (χ1n) is 10.9. The Kier molecular flexibility index (Phi) is 6.52. The summed E-state index contributed by atoms with van der Waals surface area (Å²) in [4.78, 5) is 29.8.